The molecule has 1 fully saturated rings. The summed E-state index contributed by atoms with van der Waals surface area (Å²) in [6.07, 6.45) is 11.4. The topological polar surface area (TPSA) is 46.8 Å². The fourth-order valence-electron chi connectivity index (χ4n) is 3.87. The van der Waals surface area contributed by atoms with Crippen LogP contribution in [0.25, 0.3) is 11.3 Å². The van der Waals surface area contributed by atoms with Gasteiger partial charge in [0.2, 0.25) is 0 Å². The van der Waals surface area contributed by atoms with Gasteiger partial charge in [0.15, 0.2) is 0 Å². The van der Waals surface area contributed by atoms with Crippen LogP contribution in [0.5, 0.6) is 5.75 Å². The molecule has 1 aromatic carbocycles. The monoisotopic (exact) mass is 457 g/mol. The van der Waals surface area contributed by atoms with Crippen LogP contribution in [-0.4, -0.2) is 24.5 Å². The van der Waals surface area contributed by atoms with E-state index < -0.39 is 0 Å². The molecular formula is C28H31N3OS. The molecule has 1 atom stereocenters. The van der Waals surface area contributed by atoms with E-state index in [1.807, 2.05) is 24.6 Å². The van der Waals surface area contributed by atoms with Crippen molar-refractivity contribution in [1.82, 2.24) is 4.98 Å². The second-order valence-corrected chi connectivity index (χ2v) is 9.65. The Bertz CT molecular complexity index is 1170. The predicted octanol–water partition coefficient (Wildman–Crippen LogP) is 7.49. The number of allylic oxidation sites excluding steroid dienone is 5. The lowest BCUT2D eigenvalue weighted by Gasteiger charge is -2.17. The molecule has 2 aromatic rings. The summed E-state index contributed by atoms with van der Waals surface area (Å²) < 4.78 is 5.33. The Morgan fingerprint density at radius 2 is 1.88 bits per heavy atom. The maximum absolute atomic E-state index is 5.33. The van der Waals surface area contributed by atoms with Crippen LogP contribution < -0.4 is 4.74 Å². The number of rotatable bonds is 5. The Morgan fingerprint density at radius 3 is 2.52 bits per heavy atom. The molecule has 5 rings (SSSR count). The highest BCUT2D eigenvalue weighted by molar-refractivity contribution is 7.10. The minimum atomic E-state index is 0.146. The first kappa shape index (κ1) is 23.1. The van der Waals surface area contributed by atoms with Crippen molar-refractivity contribution in [3.8, 4) is 5.75 Å². The molecule has 2 aliphatic carbocycles. The zero-order valence-corrected chi connectivity index (χ0v) is 20.7. The molecule has 2 heterocycles. The van der Waals surface area contributed by atoms with Crippen molar-refractivity contribution >= 4 is 35.0 Å². The third-order valence-electron chi connectivity index (χ3n) is 6.01. The molecule has 0 spiro atoms. The van der Waals surface area contributed by atoms with Crippen LogP contribution in [0.15, 0.2) is 75.2 Å². The highest BCUT2D eigenvalue weighted by Gasteiger charge is 2.29. The highest BCUT2D eigenvalue weighted by atomic mass is 32.1. The summed E-state index contributed by atoms with van der Waals surface area (Å²) in [4.78, 5) is 13.7. The van der Waals surface area contributed by atoms with Gasteiger partial charge in [0, 0.05) is 30.1 Å². The summed E-state index contributed by atoms with van der Waals surface area (Å²) in [6.45, 7) is 10.7. The number of ether oxygens (including phenoxy) is 1. The zero-order chi connectivity index (χ0) is 23.4. The molecular weight excluding hydrogens is 426 g/mol. The molecule has 0 saturated heterocycles. The van der Waals surface area contributed by atoms with Crippen molar-refractivity contribution in [2.45, 2.75) is 46.0 Å². The maximum atomic E-state index is 5.33. The Morgan fingerprint density at radius 1 is 1.15 bits per heavy atom. The molecule has 3 aliphatic rings. The van der Waals surface area contributed by atoms with Gasteiger partial charge in [-0.1, -0.05) is 49.6 Å². The van der Waals surface area contributed by atoms with Crippen molar-refractivity contribution < 1.29 is 4.74 Å². The molecule has 170 valence electrons. The summed E-state index contributed by atoms with van der Waals surface area (Å²) in [7, 11) is 1.69. The lowest BCUT2D eigenvalue weighted by Crippen LogP contribution is -2.02. The molecule has 0 radical (unpaired) electrons. The molecule has 1 aromatic heterocycles. The predicted molar refractivity (Wildman–Crippen MR) is 141 cm³/mol. The Balaban J connectivity index is 0.000000586. The Labute approximate surface area is 200 Å². The van der Waals surface area contributed by atoms with Crippen LogP contribution in [0.1, 0.15) is 62.2 Å². The van der Waals surface area contributed by atoms with Gasteiger partial charge in [0.05, 0.1) is 19.0 Å². The van der Waals surface area contributed by atoms with Crippen molar-refractivity contribution in [2.24, 2.45) is 15.9 Å². The average Bonchev–Trinajstić information content (AvgIpc) is 3.42. The van der Waals surface area contributed by atoms with Crippen molar-refractivity contribution in [3.63, 3.8) is 0 Å². The quantitative estimate of drug-likeness (QED) is 0.467. The minimum Gasteiger partial charge on any atom is -0.497 e. The van der Waals surface area contributed by atoms with Crippen LogP contribution in [0.3, 0.4) is 0 Å². The van der Waals surface area contributed by atoms with E-state index in [1.165, 1.54) is 35.1 Å². The summed E-state index contributed by atoms with van der Waals surface area (Å²) in [5.41, 5.74) is 7.75. The smallest absolute Gasteiger partial charge is 0.144 e. The molecule has 0 amide bonds. The number of aromatic nitrogens is 1. The number of methoxy groups -OCH3 is 1. The van der Waals surface area contributed by atoms with Gasteiger partial charge in [-0.2, -0.15) is 0 Å². The third kappa shape index (κ3) is 5.48. The molecule has 5 heteroatoms. The van der Waals surface area contributed by atoms with Gasteiger partial charge in [-0.3, -0.25) is 9.98 Å². The summed E-state index contributed by atoms with van der Waals surface area (Å²) in [5, 5.41) is 2.99. The Kier molecular flexibility index (Phi) is 7.19. The SMILES string of the molecule is C=C(C)C1=C(C)C(c2ccc(OC)cc2)C(c2csc(C3=CN=CCC=N3)n2)=C1.CC1CC1. The van der Waals surface area contributed by atoms with E-state index in [4.69, 9.17) is 9.72 Å². The number of benzene rings is 1. The van der Waals surface area contributed by atoms with Crippen LogP contribution in [-0.2, 0) is 0 Å². The van der Waals surface area contributed by atoms with Gasteiger partial charge in [-0.05, 0) is 54.7 Å². The largest absolute Gasteiger partial charge is 0.497 e. The first-order chi connectivity index (χ1) is 16.0. The lowest BCUT2D eigenvalue weighted by atomic mass is 9.87. The molecule has 1 aliphatic heterocycles. The van der Waals surface area contributed by atoms with Gasteiger partial charge in [0.25, 0.3) is 0 Å². The first-order valence-electron chi connectivity index (χ1n) is 11.4. The second kappa shape index (κ2) is 10.3. The van der Waals surface area contributed by atoms with Crippen LogP contribution >= 0.6 is 11.3 Å². The van der Waals surface area contributed by atoms with Gasteiger partial charge < -0.3 is 4.74 Å². The number of hydrogen-bond acceptors (Lipinski definition) is 5. The van der Waals surface area contributed by atoms with E-state index in [-0.39, 0.29) is 5.92 Å². The maximum Gasteiger partial charge on any atom is 0.144 e. The molecule has 0 N–H and O–H groups in total. The lowest BCUT2D eigenvalue weighted by molar-refractivity contribution is 0.414. The van der Waals surface area contributed by atoms with Crippen LogP contribution in [0.4, 0.5) is 0 Å². The molecule has 4 nitrogen and oxygen atoms in total. The normalized spacial score (nSPS) is 19.5. The number of aliphatic imine (C=N–C) groups is 2. The Hall–Kier alpha value is -3.05. The first-order valence-corrected chi connectivity index (χ1v) is 12.3. The van der Waals surface area contributed by atoms with Gasteiger partial charge in [0.1, 0.15) is 16.5 Å². The van der Waals surface area contributed by atoms with E-state index in [0.717, 1.165) is 40.1 Å². The van der Waals surface area contributed by atoms with Crippen molar-refractivity contribution in [1.29, 1.82) is 0 Å². The second-order valence-electron chi connectivity index (χ2n) is 8.80. The summed E-state index contributed by atoms with van der Waals surface area (Å²) in [5.74, 6) is 2.08. The summed E-state index contributed by atoms with van der Waals surface area (Å²) >= 11 is 1.60. The van der Waals surface area contributed by atoms with E-state index in [1.54, 1.807) is 24.6 Å². The van der Waals surface area contributed by atoms with Crippen LogP contribution in [0.2, 0.25) is 0 Å². The standard InChI is InChI=1S/C24H23N3OS.C4H8/c1-15(2)19-12-20(23(16(19)3)17-6-8-18(28-4)9-7-17)22-14-29-24(27-22)21-13-25-10-5-11-26-21;1-4-2-3-4/h6-14,23H,1,5H2,2-4H3;4H,2-3H2,1H3. The fraction of sp³-hybridized carbons (Fsp3) is 0.321. The van der Waals surface area contributed by atoms with E-state index in [2.05, 4.69) is 60.9 Å². The van der Waals surface area contributed by atoms with Crippen LogP contribution in [0, 0.1) is 5.92 Å². The van der Waals surface area contributed by atoms with E-state index >= 15 is 0 Å². The van der Waals surface area contributed by atoms with Gasteiger partial charge in [-0.15, -0.1) is 11.3 Å². The van der Waals surface area contributed by atoms with Crippen molar-refractivity contribution in [2.75, 3.05) is 7.11 Å². The summed E-state index contributed by atoms with van der Waals surface area (Å²) in [6, 6.07) is 8.27. The van der Waals surface area contributed by atoms with Gasteiger partial charge >= 0.3 is 0 Å². The number of hydrogen-bond donors (Lipinski definition) is 0. The van der Waals surface area contributed by atoms with Gasteiger partial charge in [-0.25, -0.2) is 4.98 Å². The average molecular weight is 458 g/mol. The fourth-order valence-corrected chi connectivity index (χ4v) is 4.65. The number of nitrogens with zero attached hydrogens (tertiary/aromatic N) is 3. The van der Waals surface area contributed by atoms with E-state index in [9.17, 15) is 0 Å². The molecule has 1 unspecified atom stereocenters. The zero-order valence-electron chi connectivity index (χ0n) is 19.8. The van der Waals surface area contributed by atoms with Crippen molar-refractivity contribution in [3.05, 3.63) is 81.5 Å². The minimum absolute atomic E-state index is 0.146. The highest BCUT2D eigenvalue weighted by Crippen LogP contribution is 2.46. The molecule has 1 saturated carbocycles. The number of thiazole rings is 1. The molecule has 0 bridgehead atoms. The third-order valence-corrected chi connectivity index (χ3v) is 6.87. The van der Waals surface area contributed by atoms with E-state index in [0.29, 0.717) is 0 Å². The molecule has 33 heavy (non-hydrogen) atoms.